The van der Waals surface area contributed by atoms with Crippen LogP contribution in [0.1, 0.15) is 31.2 Å². The van der Waals surface area contributed by atoms with Crippen molar-refractivity contribution in [3.05, 3.63) is 27.7 Å². The third kappa shape index (κ3) is 3.76. The van der Waals surface area contributed by atoms with E-state index in [2.05, 4.69) is 9.80 Å². The lowest BCUT2D eigenvalue weighted by Crippen LogP contribution is -2.48. The van der Waals surface area contributed by atoms with Crippen LogP contribution >= 0.6 is 23.2 Å². The largest absolute Gasteiger partial charge is 0.495 e. The Bertz CT molecular complexity index is 594. The van der Waals surface area contributed by atoms with Gasteiger partial charge < -0.3 is 9.64 Å². The smallest absolute Gasteiger partial charge is 0.222 e. The Morgan fingerprint density at radius 1 is 1.26 bits per heavy atom. The fraction of sp³-hybridized carbons (Fsp3) is 0.588. The van der Waals surface area contributed by atoms with Crippen LogP contribution in [0.3, 0.4) is 0 Å². The molecule has 2 saturated heterocycles. The first kappa shape index (κ1) is 16.9. The summed E-state index contributed by atoms with van der Waals surface area (Å²) in [6.45, 7) is 3.57. The molecule has 0 spiro atoms. The highest BCUT2D eigenvalue weighted by molar-refractivity contribution is 6.35. The maximum atomic E-state index is 12.0. The Kier molecular flexibility index (Phi) is 5.34. The summed E-state index contributed by atoms with van der Waals surface area (Å²) < 4.78 is 5.43. The summed E-state index contributed by atoms with van der Waals surface area (Å²) in [7, 11) is 1.63. The lowest BCUT2D eigenvalue weighted by atomic mass is 10.0. The Hall–Kier alpha value is -0.970. The van der Waals surface area contributed by atoms with E-state index in [4.69, 9.17) is 27.9 Å². The van der Waals surface area contributed by atoms with Crippen LogP contribution in [0, 0.1) is 0 Å². The zero-order valence-electron chi connectivity index (χ0n) is 13.4. The average Bonchev–Trinajstić information content (AvgIpc) is 2.93. The molecular weight excluding hydrogens is 335 g/mol. The van der Waals surface area contributed by atoms with Crippen molar-refractivity contribution in [3.63, 3.8) is 0 Å². The van der Waals surface area contributed by atoms with Gasteiger partial charge in [0.05, 0.1) is 12.1 Å². The van der Waals surface area contributed by atoms with Gasteiger partial charge in [0.25, 0.3) is 0 Å². The fourth-order valence-electron chi connectivity index (χ4n) is 3.68. The molecule has 1 aromatic rings. The summed E-state index contributed by atoms with van der Waals surface area (Å²) in [6.07, 6.45) is 3.89. The normalized spacial score (nSPS) is 22.7. The number of hydrogen-bond acceptors (Lipinski definition) is 3. The summed E-state index contributed by atoms with van der Waals surface area (Å²) >= 11 is 12.4. The molecule has 0 radical (unpaired) electrons. The summed E-state index contributed by atoms with van der Waals surface area (Å²) in [5.41, 5.74) is 0.999. The molecule has 0 bridgehead atoms. The van der Waals surface area contributed by atoms with Gasteiger partial charge in [0.1, 0.15) is 5.75 Å². The van der Waals surface area contributed by atoms with Gasteiger partial charge in [-0.05, 0) is 37.9 Å². The molecule has 4 nitrogen and oxygen atoms in total. The van der Waals surface area contributed by atoms with E-state index >= 15 is 0 Å². The first-order chi connectivity index (χ1) is 11.1. The molecule has 0 saturated carbocycles. The Balaban J connectivity index is 1.72. The first-order valence-corrected chi connectivity index (χ1v) is 8.88. The van der Waals surface area contributed by atoms with Gasteiger partial charge in [-0.1, -0.05) is 23.2 Å². The highest BCUT2D eigenvalue weighted by atomic mass is 35.5. The Morgan fingerprint density at radius 2 is 2.09 bits per heavy atom. The number of piperidine rings is 1. The lowest BCUT2D eigenvalue weighted by molar-refractivity contribution is -0.130. The summed E-state index contributed by atoms with van der Waals surface area (Å²) in [5, 5.41) is 1.16. The number of benzene rings is 1. The van der Waals surface area contributed by atoms with Gasteiger partial charge in [-0.2, -0.15) is 0 Å². The third-order valence-corrected chi connectivity index (χ3v) is 5.21. The van der Waals surface area contributed by atoms with Crippen LogP contribution in [0.4, 0.5) is 0 Å². The van der Waals surface area contributed by atoms with E-state index in [9.17, 15) is 4.79 Å². The second kappa shape index (κ2) is 7.29. The molecule has 2 fully saturated rings. The average molecular weight is 357 g/mol. The van der Waals surface area contributed by atoms with Crippen LogP contribution in [0.5, 0.6) is 5.75 Å². The number of halogens is 2. The first-order valence-electron chi connectivity index (χ1n) is 8.12. The van der Waals surface area contributed by atoms with E-state index < -0.39 is 0 Å². The maximum Gasteiger partial charge on any atom is 0.222 e. The SMILES string of the molecule is COc1c(Cl)cc(Cl)cc1CN1CCCC(N2CCCC2=O)C1. The van der Waals surface area contributed by atoms with Crippen molar-refractivity contribution < 1.29 is 9.53 Å². The van der Waals surface area contributed by atoms with Crippen molar-refractivity contribution in [1.82, 2.24) is 9.80 Å². The van der Waals surface area contributed by atoms with Gasteiger partial charge >= 0.3 is 0 Å². The monoisotopic (exact) mass is 356 g/mol. The third-order valence-electron chi connectivity index (χ3n) is 4.71. The van der Waals surface area contributed by atoms with Gasteiger partial charge in [0.2, 0.25) is 5.91 Å². The molecule has 0 aromatic heterocycles. The quantitative estimate of drug-likeness (QED) is 0.826. The molecule has 0 N–H and O–H groups in total. The molecule has 126 valence electrons. The summed E-state index contributed by atoms with van der Waals surface area (Å²) in [5.74, 6) is 0.996. The van der Waals surface area contributed by atoms with Gasteiger partial charge in [-0.25, -0.2) is 0 Å². The van der Waals surface area contributed by atoms with Crippen molar-refractivity contribution in [2.45, 2.75) is 38.3 Å². The van der Waals surface area contributed by atoms with Gasteiger partial charge in [-0.15, -0.1) is 0 Å². The fourth-order valence-corrected chi connectivity index (χ4v) is 4.30. The zero-order valence-corrected chi connectivity index (χ0v) is 14.9. The van der Waals surface area contributed by atoms with E-state index in [0.717, 1.165) is 51.0 Å². The number of carbonyl (C=O) groups is 1. The topological polar surface area (TPSA) is 32.8 Å². The molecule has 1 amide bonds. The number of ether oxygens (including phenoxy) is 1. The van der Waals surface area contributed by atoms with Crippen molar-refractivity contribution in [3.8, 4) is 5.75 Å². The molecular formula is C17H22Cl2N2O2. The molecule has 6 heteroatoms. The number of amides is 1. The summed E-state index contributed by atoms with van der Waals surface area (Å²) in [6, 6.07) is 3.95. The van der Waals surface area contributed by atoms with Crippen LogP contribution in [0.15, 0.2) is 12.1 Å². The standard InChI is InChI=1S/C17H22Cl2N2O2/c1-23-17-12(8-13(18)9-15(17)19)10-20-6-2-4-14(11-20)21-7-3-5-16(21)22/h8-9,14H,2-7,10-11H2,1H3. The molecule has 2 aliphatic rings. The van der Waals surface area contributed by atoms with Crippen LogP contribution < -0.4 is 4.74 Å². The minimum Gasteiger partial charge on any atom is -0.495 e. The molecule has 1 atom stereocenters. The van der Waals surface area contributed by atoms with Gasteiger partial charge in [0, 0.05) is 42.7 Å². The van der Waals surface area contributed by atoms with E-state index in [-0.39, 0.29) is 0 Å². The molecule has 23 heavy (non-hydrogen) atoms. The lowest BCUT2D eigenvalue weighted by Gasteiger charge is -2.37. The molecule has 3 rings (SSSR count). The van der Waals surface area contributed by atoms with E-state index in [1.54, 1.807) is 13.2 Å². The molecule has 0 aliphatic carbocycles. The van der Waals surface area contributed by atoms with Crippen molar-refractivity contribution in [2.75, 3.05) is 26.7 Å². The van der Waals surface area contributed by atoms with Gasteiger partial charge in [0.15, 0.2) is 0 Å². The van der Waals surface area contributed by atoms with Crippen LogP contribution in [-0.2, 0) is 11.3 Å². The molecule has 1 unspecified atom stereocenters. The molecule has 2 aliphatic heterocycles. The Labute approximate surface area is 147 Å². The Morgan fingerprint density at radius 3 is 2.78 bits per heavy atom. The minimum atomic E-state index is 0.306. The number of methoxy groups -OCH3 is 1. The van der Waals surface area contributed by atoms with E-state index in [1.807, 2.05) is 6.07 Å². The number of nitrogens with zero attached hydrogens (tertiary/aromatic N) is 2. The number of hydrogen-bond donors (Lipinski definition) is 0. The summed E-state index contributed by atoms with van der Waals surface area (Å²) in [4.78, 5) is 16.4. The van der Waals surface area contributed by atoms with Crippen molar-refractivity contribution in [2.24, 2.45) is 0 Å². The van der Waals surface area contributed by atoms with Crippen LogP contribution in [0.2, 0.25) is 10.0 Å². The predicted octanol–water partition coefficient (Wildman–Crippen LogP) is 3.59. The highest BCUT2D eigenvalue weighted by Gasteiger charge is 2.31. The second-order valence-corrected chi connectivity index (χ2v) is 7.15. The number of rotatable bonds is 4. The number of carbonyl (C=O) groups excluding carboxylic acids is 1. The minimum absolute atomic E-state index is 0.306. The second-order valence-electron chi connectivity index (χ2n) is 6.30. The highest BCUT2D eigenvalue weighted by Crippen LogP contribution is 2.33. The van der Waals surface area contributed by atoms with Crippen molar-refractivity contribution in [1.29, 1.82) is 0 Å². The van der Waals surface area contributed by atoms with Crippen LogP contribution in [0.25, 0.3) is 0 Å². The van der Waals surface area contributed by atoms with Gasteiger partial charge in [-0.3, -0.25) is 9.69 Å². The maximum absolute atomic E-state index is 12.0. The van der Waals surface area contributed by atoms with Crippen molar-refractivity contribution >= 4 is 29.1 Å². The zero-order chi connectivity index (χ0) is 16.4. The van der Waals surface area contributed by atoms with E-state index in [0.29, 0.717) is 34.2 Å². The van der Waals surface area contributed by atoms with E-state index in [1.165, 1.54) is 0 Å². The molecule has 1 aromatic carbocycles. The number of likely N-dealkylation sites (tertiary alicyclic amines) is 2. The van der Waals surface area contributed by atoms with Crippen LogP contribution in [-0.4, -0.2) is 48.5 Å². The molecule has 2 heterocycles. The predicted molar refractivity (Wildman–Crippen MR) is 92.3 cm³/mol.